The fourth-order valence-electron chi connectivity index (χ4n) is 1.87. The van der Waals surface area contributed by atoms with Gasteiger partial charge in [-0.3, -0.25) is 10.1 Å². The van der Waals surface area contributed by atoms with Gasteiger partial charge >= 0.3 is 5.69 Å². The number of nitro groups is 1. The molecule has 2 aromatic rings. The third-order valence-electron chi connectivity index (χ3n) is 2.91. The summed E-state index contributed by atoms with van der Waals surface area (Å²) in [6.45, 7) is 0.363. The van der Waals surface area contributed by atoms with E-state index in [1.807, 2.05) is 12.1 Å². The topological polar surface area (TPSA) is 103 Å². The van der Waals surface area contributed by atoms with E-state index in [0.717, 1.165) is 5.56 Å². The van der Waals surface area contributed by atoms with Crippen LogP contribution < -0.4 is 5.32 Å². The average molecular weight is 278 g/mol. The Labute approximate surface area is 121 Å². The number of nitrogens with one attached hydrogen (secondary N) is 1. The van der Waals surface area contributed by atoms with Crippen molar-refractivity contribution in [2.45, 2.75) is 6.54 Å². The van der Waals surface area contributed by atoms with Crippen LogP contribution in [0.4, 0.5) is 11.4 Å². The molecule has 6 nitrogen and oxygen atoms in total. The summed E-state index contributed by atoms with van der Waals surface area (Å²) >= 11 is 0. The average Bonchev–Trinajstić information content (AvgIpc) is 2.52. The third kappa shape index (κ3) is 3.14. The van der Waals surface area contributed by atoms with E-state index >= 15 is 0 Å². The highest BCUT2D eigenvalue weighted by atomic mass is 16.6. The van der Waals surface area contributed by atoms with Crippen LogP contribution in [0.5, 0.6) is 0 Å². The molecule has 0 radical (unpaired) electrons. The van der Waals surface area contributed by atoms with Crippen LogP contribution in [0, 0.1) is 32.8 Å². The predicted octanol–water partition coefficient (Wildman–Crippen LogP) is 2.95. The summed E-state index contributed by atoms with van der Waals surface area (Å²) < 4.78 is 0. The molecule has 21 heavy (non-hydrogen) atoms. The summed E-state index contributed by atoms with van der Waals surface area (Å²) in [5.74, 6) is 0. The molecule has 0 bridgehead atoms. The van der Waals surface area contributed by atoms with Crippen LogP contribution in [0.15, 0.2) is 42.5 Å². The highest BCUT2D eigenvalue weighted by molar-refractivity contribution is 5.68. The second-order valence-corrected chi connectivity index (χ2v) is 4.23. The number of nitrogens with zero attached hydrogens (tertiary/aromatic N) is 3. The molecule has 0 fully saturated rings. The highest BCUT2D eigenvalue weighted by Gasteiger charge is 2.19. The van der Waals surface area contributed by atoms with E-state index in [9.17, 15) is 10.1 Å². The summed E-state index contributed by atoms with van der Waals surface area (Å²) in [4.78, 5) is 10.5. The fourth-order valence-corrected chi connectivity index (χ4v) is 1.87. The van der Waals surface area contributed by atoms with Gasteiger partial charge in [-0.1, -0.05) is 18.2 Å². The highest BCUT2D eigenvalue weighted by Crippen LogP contribution is 2.28. The Morgan fingerprint density at radius 2 is 1.81 bits per heavy atom. The fraction of sp³-hybridized carbons (Fsp3) is 0.0667. The van der Waals surface area contributed by atoms with E-state index in [4.69, 9.17) is 10.5 Å². The zero-order valence-electron chi connectivity index (χ0n) is 10.9. The summed E-state index contributed by atoms with van der Waals surface area (Å²) in [7, 11) is 0. The van der Waals surface area contributed by atoms with Crippen molar-refractivity contribution in [3.63, 3.8) is 0 Å². The Kier molecular flexibility index (Phi) is 4.13. The number of rotatable bonds is 4. The Morgan fingerprint density at radius 3 is 2.38 bits per heavy atom. The summed E-state index contributed by atoms with van der Waals surface area (Å²) in [6.07, 6.45) is 0. The molecule has 1 N–H and O–H groups in total. The molecule has 2 rings (SSSR count). The molecule has 0 unspecified atom stereocenters. The van der Waals surface area contributed by atoms with Gasteiger partial charge in [0.1, 0.15) is 17.3 Å². The first-order chi connectivity index (χ1) is 10.2. The van der Waals surface area contributed by atoms with Crippen molar-refractivity contribution in [3.05, 3.63) is 69.3 Å². The Balaban J connectivity index is 2.22. The van der Waals surface area contributed by atoms with E-state index in [-0.39, 0.29) is 11.3 Å². The van der Waals surface area contributed by atoms with E-state index in [1.54, 1.807) is 36.4 Å². The van der Waals surface area contributed by atoms with Gasteiger partial charge in [0, 0.05) is 6.54 Å². The number of nitro benzene ring substituents is 1. The maximum atomic E-state index is 11.1. The molecule has 2 aromatic carbocycles. The van der Waals surface area contributed by atoms with Gasteiger partial charge in [0.15, 0.2) is 0 Å². The van der Waals surface area contributed by atoms with Gasteiger partial charge in [-0.05, 0) is 29.8 Å². The minimum atomic E-state index is -0.570. The van der Waals surface area contributed by atoms with E-state index in [2.05, 4.69) is 5.32 Å². The molecule has 0 spiro atoms. The molecule has 0 aromatic heterocycles. The van der Waals surface area contributed by atoms with Gasteiger partial charge < -0.3 is 5.32 Å². The van der Waals surface area contributed by atoms with Crippen LogP contribution in [0.25, 0.3) is 0 Å². The maximum Gasteiger partial charge on any atom is 0.309 e. The largest absolute Gasteiger partial charge is 0.375 e. The third-order valence-corrected chi connectivity index (χ3v) is 2.91. The van der Waals surface area contributed by atoms with Crippen LogP contribution >= 0.6 is 0 Å². The maximum absolute atomic E-state index is 11.1. The van der Waals surface area contributed by atoms with Crippen molar-refractivity contribution in [2.75, 3.05) is 5.32 Å². The van der Waals surface area contributed by atoms with Gasteiger partial charge in [-0.25, -0.2) is 0 Å². The van der Waals surface area contributed by atoms with Crippen molar-refractivity contribution < 1.29 is 4.92 Å². The lowest BCUT2D eigenvalue weighted by atomic mass is 10.1. The van der Waals surface area contributed by atoms with Gasteiger partial charge in [0.05, 0.1) is 16.6 Å². The monoisotopic (exact) mass is 278 g/mol. The molecule has 0 saturated heterocycles. The number of nitriles is 2. The molecule has 0 amide bonds. The van der Waals surface area contributed by atoms with Gasteiger partial charge in [-0.15, -0.1) is 0 Å². The van der Waals surface area contributed by atoms with Crippen LogP contribution in [0.3, 0.4) is 0 Å². The van der Waals surface area contributed by atoms with E-state index in [1.165, 1.54) is 6.07 Å². The number of hydrogen-bond donors (Lipinski definition) is 1. The van der Waals surface area contributed by atoms with E-state index in [0.29, 0.717) is 17.8 Å². The van der Waals surface area contributed by atoms with Crippen molar-refractivity contribution in [1.29, 1.82) is 10.5 Å². The summed E-state index contributed by atoms with van der Waals surface area (Å²) in [5, 5.41) is 31.7. The second kappa shape index (κ2) is 6.18. The van der Waals surface area contributed by atoms with E-state index < -0.39 is 4.92 Å². The van der Waals surface area contributed by atoms with Crippen LogP contribution in [0.2, 0.25) is 0 Å². The van der Waals surface area contributed by atoms with Gasteiger partial charge in [0.25, 0.3) is 0 Å². The molecule has 0 saturated carbocycles. The van der Waals surface area contributed by atoms with Crippen LogP contribution in [-0.2, 0) is 6.54 Å². The van der Waals surface area contributed by atoms with Crippen molar-refractivity contribution in [1.82, 2.24) is 0 Å². The Hall–Kier alpha value is -3.38. The van der Waals surface area contributed by atoms with Crippen molar-refractivity contribution in [2.24, 2.45) is 0 Å². The lowest BCUT2D eigenvalue weighted by Crippen LogP contribution is -2.04. The molecule has 0 heterocycles. The first-order valence-electron chi connectivity index (χ1n) is 6.06. The molecule has 0 aliphatic carbocycles. The number of anilines is 1. The standard InChI is InChI=1S/C15H10N4O2/c16-8-11-4-6-12(7-5-11)10-18-14-3-1-2-13(9-17)15(14)19(20)21/h1-7,18H,10H2. The minimum Gasteiger partial charge on any atom is -0.375 e. The Morgan fingerprint density at radius 1 is 1.10 bits per heavy atom. The van der Waals surface area contributed by atoms with Crippen molar-refractivity contribution >= 4 is 11.4 Å². The minimum absolute atomic E-state index is 0.0184. The number of benzene rings is 2. The smallest absolute Gasteiger partial charge is 0.309 e. The summed E-state index contributed by atoms with van der Waals surface area (Å²) in [5.41, 5.74) is 1.52. The molecule has 0 aliphatic heterocycles. The SMILES string of the molecule is N#Cc1ccc(CNc2cccc(C#N)c2[N+](=O)[O-])cc1. The lowest BCUT2D eigenvalue weighted by Gasteiger charge is -2.08. The molecular weight excluding hydrogens is 268 g/mol. The quantitative estimate of drug-likeness (QED) is 0.684. The number of para-hydroxylation sites is 1. The van der Waals surface area contributed by atoms with Crippen molar-refractivity contribution in [3.8, 4) is 12.1 Å². The zero-order chi connectivity index (χ0) is 15.2. The molecule has 0 aliphatic rings. The normalized spacial score (nSPS) is 9.43. The first-order valence-corrected chi connectivity index (χ1v) is 6.06. The van der Waals surface area contributed by atoms with Gasteiger partial charge in [0.2, 0.25) is 0 Å². The predicted molar refractivity (Wildman–Crippen MR) is 76.3 cm³/mol. The zero-order valence-corrected chi connectivity index (χ0v) is 10.9. The lowest BCUT2D eigenvalue weighted by molar-refractivity contribution is -0.384. The second-order valence-electron chi connectivity index (χ2n) is 4.23. The van der Waals surface area contributed by atoms with Gasteiger partial charge in [-0.2, -0.15) is 10.5 Å². The molecular formula is C15H10N4O2. The molecule has 6 heteroatoms. The Bertz CT molecular complexity index is 755. The summed E-state index contributed by atoms with van der Waals surface area (Å²) in [6, 6.07) is 15.3. The number of hydrogen-bond acceptors (Lipinski definition) is 5. The first kappa shape index (κ1) is 14.0. The molecule has 102 valence electrons. The van der Waals surface area contributed by atoms with Crippen LogP contribution in [-0.4, -0.2) is 4.92 Å². The van der Waals surface area contributed by atoms with Crippen LogP contribution in [0.1, 0.15) is 16.7 Å². The molecule has 0 atom stereocenters.